The van der Waals surface area contributed by atoms with E-state index in [4.69, 9.17) is 17.3 Å². The van der Waals surface area contributed by atoms with Gasteiger partial charge in [0.25, 0.3) is 17.7 Å². The van der Waals surface area contributed by atoms with Gasteiger partial charge in [-0.3, -0.25) is 19.0 Å². The van der Waals surface area contributed by atoms with Crippen molar-refractivity contribution in [3.8, 4) is 11.4 Å². The molecule has 0 aliphatic carbocycles. The summed E-state index contributed by atoms with van der Waals surface area (Å²) in [5, 5.41) is 4.22. The Morgan fingerprint density at radius 3 is 2.41 bits per heavy atom. The van der Waals surface area contributed by atoms with Crippen molar-refractivity contribution in [2.24, 2.45) is 5.73 Å². The molecular weight excluding hydrogens is 486 g/mol. The highest BCUT2D eigenvalue weighted by Crippen LogP contribution is 2.34. The van der Waals surface area contributed by atoms with Gasteiger partial charge in [0, 0.05) is 13.1 Å². The van der Waals surface area contributed by atoms with Crippen molar-refractivity contribution in [3.63, 3.8) is 0 Å². The van der Waals surface area contributed by atoms with Crippen molar-refractivity contribution in [2.75, 3.05) is 12.4 Å². The fourth-order valence-corrected chi connectivity index (χ4v) is 3.15. The van der Waals surface area contributed by atoms with Crippen LogP contribution in [0.15, 0.2) is 42.7 Å². The summed E-state index contributed by atoms with van der Waals surface area (Å²) in [6.45, 7) is 0. The predicted octanol–water partition coefficient (Wildman–Crippen LogP) is 3.27. The molecular formula is C20H14ClF4N5O4. The smallest absolute Gasteiger partial charge is 0.403 e. The van der Waals surface area contributed by atoms with E-state index in [-0.39, 0.29) is 22.0 Å². The zero-order valence-electron chi connectivity index (χ0n) is 17.0. The summed E-state index contributed by atoms with van der Waals surface area (Å²) in [4.78, 5) is 40.1. The Bertz CT molecular complexity index is 1290. The molecule has 0 atom stereocenters. The number of hydrogen-bond donors (Lipinski definition) is 3. The van der Waals surface area contributed by atoms with Crippen LogP contribution in [0.1, 0.15) is 31.3 Å². The van der Waals surface area contributed by atoms with Crippen LogP contribution < -0.4 is 21.1 Å². The van der Waals surface area contributed by atoms with E-state index in [9.17, 15) is 31.9 Å². The minimum Gasteiger partial charge on any atom is -0.403 e. The Kier molecular flexibility index (Phi) is 6.77. The van der Waals surface area contributed by atoms with E-state index in [1.165, 1.54) is 13.1 Å². The molecule has 1 heterocycles. The highest BCUT2D eigenvalue weighted by Gasteiger charge is 2.33. The SMILES string of the molecule is CNC(=O)c1c(C(N)=O)ncn1-c1ccc(NC(=O)c2ccc(F)cc2Cl)c(OC(F)(F)F)c1. The highest BCUT2D eigenvalue weighted by atomic mass is 35.5. The lowest BCUT2D eigenvalue weighted by Gasteiger charge is -2.17. The first kappa shape index (κ1) is 24.5. The number of nitrogens with two attached hydrogens (primary N) is 1. The molecule has 4 N–H and O–H groups in total. The molecule has 3 aromatic rings. The van der Waals surface area contributed by atoms with Gasteiger partial charge in [0.15, 0.2) is 11.4 Å². The molecule has 9 nitrogen and oxygen atoms in total. The lowest BCUT2D eigenvalue weighted by molar-refractivity contribution is -0.274. The Labute approximate surface area is 193 Å². The third-order valence-corrected chi connectivity index (χ3v) is 4.65. The zero-order chi connectivity index (χ0) is 25.2. The number of imidazole rings is 1. The molecule has 0 radical (unpaired) electrons. The van der Waals surface area contributed by atoms with Gasteiger partial charge < -0.3 is 21.1 Å². The Hall–Kier alpha value is -4.13. The van der Waals surface area contributed by atoms with E-state index in [1.807, 2.05) is 0 Å². The van der Waals surface area contributed by atoms with E-state index in [0.29, 0.717) is 0 Å². The predicted molar refractivity (Wildman–Crippen MR) is 112 cm³/mol. The van der Waals surface area contributed by atoms with Crippen LogP contribution in [0.25, 0.3) is 5.69 Å². The van der Waals surface area contributed by atoms with Crippen molar-refractivity contribution in [2.45, 2.75) is 6.36 Å². The van der Waals surface area contributed by atoms with Crippen LogP contribution in [0.2, 0.25) is 5.02 Å². The number of hydrogen-bond acceptors (Lipinski definition) is 5. The van der Waals surface area contributed by atoms with Crippen LogP contribution in [-0.2, 0) is 0 Å². The van der Waals surface area contributed by atoms with E-state index in [0.717, 1.165) is 41.2 Å². The van der Waals surface area contributed by atoms with E-state index < -0.39 is 47.0 Å². The molecule has 34 heavy (non-hydrogen) atoms. The van der Waals surface area contributed by atoms with Gasteiger partial charge in [-0.25, -0.2) is 9.37 Å². The van der Waals surface area contributed by atoms with Gasteiger partial charge in [-0.1, -0.05) is 11.6 Å². The number of amides is 3. The summed E-state index contributed by atoms with van der Waals surface area (Å²) in [5.74, 6) is -4.32. The fraction of sp³-hybridized carbons (Fsp3) is 0.100. The monoisotopic (exact) mass is 499 g/mol. The van der Waals surface area contributed by atoms with Gasteiger partial charge in [-0.05, 0) is 30.3 Å². The van der Waals surface area contributed by atoms with Gasteiger partial charge in [-0.2, -0.15) is 0 Å². The van der Waals surface area contributed by atoms with Gasteiger partial charge >= 0.3 is 6.36 Å². The number of benzene rings is 2. The fourth-order valence-electron chi connectivity index (χ4n) is 2.90. The lowest BCUT2D eigenvalue weighted by Crippen LogP contribution is -2.26. The topological polar surface area (TPSA) is 128 Å². The molecule has 0 aliphatic heterocycles. The molecule has 0 spiro atoms. The van der Waals surface area contributed by atoms with Crippen molar-refractivity contribution >= 4 is 35.0 Å². The third kappa shape index (κ3) is 5.26. The van der Waals surface area contributed by atoms with E-state index in [2.05, 4.69) is 20.4 Å². The highest BCUT2D eigenvalue weighted by molar-refractivity contribution is 6.34. The number of halogens is 5. The second kappa shape index (κ2) is 9.39. The van der Waals surface area contributed by atoms with E-state index in [1.54, 1.807) is 0 Å². The molecule has 3 rings (SSSR count). The summed E-state index contributed by atoms with van der Waals surface area (Å²) >= 11 is 5.83. The third-order valence-electron chi connectivity index (χ3n) is 4.34. The van der Waals surface area contributed by atoms with Gasteiger partial charge in [-0.15, -0.1) is 13.2 Å². The normalized spacial score (nSPS) is 11.1. The maximum atomic E-state index is 13.2. The lowest BCUT2D eigenvalue weighted by atomic mass is 10.2. The zero-order valence-corrected chi connectivity index (χ0v) is 17.8. The summed E-state index contributed by atoms with van der Waals surface area (Å²) in [6, 6.07) is 6.01. The van der Waals surface area contributed by atoms with Crippen molar-refractivity contribution in [3.05, 3.63) is 70.5 Å². The summed E-state index contributed by atoms with van der Waals surface area (Å²) in [6.07, 6.45) is -4.14. The average Bonchev–Trinajstić information content (AvgIpc) is 3.18. The standard InChI is InChI=1S/C20H14ClF4N5O4/c1-27-19(33)16-15(17(26)31)28-8-30(16)10-3-5-13(14(7-10)34-20(23,24)25)29-18(32)11-4-2-9(22)6-12(11)21/h2-8H,1H3,(H2,26,31)(H,27,33)(H,29,32). The molecule has 178 valence electrons. The second-order valence-corrected chi connectivity index (χ2v) is 6.97. The molecule has 0 saturated carbocycles. The molecule has 3 amide bonds. The molecule has 2 aromatic carbocycles. The maximum absolute atomic E-state index is 13.2. The summed E-state index contributed by atoms with van der Waals surface area (Å²) < 4.78 is 57.4. The number of nitrogens with one attached hydrogen (secondary N) is 2. The number of carbonyl (C=O) groups excluding carboxylic acids is 3. The quantitative estimate of drug-likeness (QED) is 0.448. The number of nitrogens with zero attached hydrogens (tertiary/aromatic N) is 2. The largest absolute Gasteiger partial charge is 0.573 e. The molecule has 1 aromatic heterocycles. The van der Waals surface area contributed by atoms with Crippen LogP contribution in [0.4, 0.5) is 23.2 Å². The molecule has 0 aliphatic rings. The van der Waals surface area contributed by atoms with Crippen molar-refractivity contribution in [1.29, 1.82) is 0 Å². The number of anilines is 1. The van der Waals surface area contributed by atoms with Gasteiger partial charge in [0.1, 0.15) is 17.8 Å². The number of carbonyl (C=O) groups is 3. The van der Waals surface area contributed by atoms with E-state index >= 15 is 0 Å². The Balaban J connectivity index is 2.07. The first-order chi connectivity index (χ1) is 15.9. The minimum absolute atomic E-state index is 0.0735. The Morgan fingerprint density at radius 1 is 1.12 bits per heavy atom. The summed E-state index contributed by atoms with van der Waals surface area (Å²) in [5.41, 5.74) is 3.78. The molecule has 0 fully saturated rings. The average molecular weight is 500 g/mol. The van der Waals surface area contributed by atoms with Crippen molar-refractivity contribution in [1.82, 2.24) is 14.9 Å². The van der Waals surface area contributed by atoms with Crippen LogP contribution in [0.5, 0.6) is 5.75 Å². The second-order valence-electron chi connectivity index (χ2n) is 6.56. The molecule has 0 saturated heterocycles. The van der Waals surface area contributed by atoms with Crippen molar-refractivity contribution < 1.29 is 36.7 Å². The van der Waals surface area contributed by atoms with Crippen LogP contribution in [-0.4, -0.2) is 40.7 Å². The number of ether oxygens (including phenoxy) is 1. The minimum atomic E-state index is -5.15. The molecule has 0 unspecified atom stereocenters. The summed E-state index contributed by atoms with van der Waals surface area (Å²) in [7, 11) is 1.27. The first-order valence-electron chi connectivity index (χ1n) is 9.17. The molecule has 14 heteroatoms. The number of aromatic nitrogens is 2. The first-order valence-corrected chi connectivity index (χ1v) is 9.55. The number of primary amides is 1. The van der Waals surface area contributed by atoms with Gasteiger partial charge in [0.2, 0.25) is 0 Å². The van der Waals surface area contributed by atoms with Gasteiger partial charge in [0.05, 0.1) is 22.0 Å². The van der Waals surface area contributed by atoms with Crippen LogP contribution >= 0.6 is 11.6 Å². The Morgan fingerprint density at radius 2 is 1.82 bits per heavy atom. The van der Waals surface area contributed by atoms with Crippen LogP contribution in [0.3, 0.4) is 0 Å². The molecule has 0 bridgehead atoms. The number of rotatable bonds is 6. The number of alkyl halides is 3. The van der Waals surface area contributed by atoms with Crippen LogP contribution in [0, 0.1) is 5.82 Å². The maximum Gasteiger partial charge on any atom is 0.573 e.